The highest BCUT2D eigenvalue weighted by Gasteiger charge is 2.23. The Morgan fingerprint density at radius 2 is 1.94 bits per heavy atom. The lowest BCUT2D eigenvalue weighted by molar-refractivity contribution is -0.116. The first-order valence-corrected chi connectivity index (χ1v) is 7.36. The second kappa shape index (κ2) is 5.65. The van der Waals surface area contributed by atoms with Crippen LogP contribution in [0.1, 0.15) is 25.8 Å². The Balaban J connectivity index is 2.87. The summed E-state index contributed by atoms with van der Waals surface area (Å²) in [6.07, 6.45) is 0.0484. The summed E-state index contributed by atoms with van der Waals surface area (Å²) in [6, 6.07) is 6.83. The Bertz CT molecular complexity index is 508. The number of hydrogen-bond donors (Lipinski definition) is 0. The molecule has 0 amide bonds. The lowest BCUT2D eigenvalue weighted by Gasteiger charge is -2.12. The summed E-state index contributed by atoms with van der Waals surface area (Å²) >= 11 is 5.91. The summed E-state index contributed by atoms with van der Waals surface area (Å²) in [7, 11) is -3.34. The average molecular weight is 275 g/mol. The van der Waals surface area contributed by atoms with Gasteiger partial charge in [0.05, 0.1) is 11.0 Å². The molecule has 0 saturated carbocycles. The molecule has 17 heavy (non-hydrogen) atoms. The molecule has 0 fully saturated rings. The Kier molecular flexibility index (Phi) is 4.71. The van der Waals surface area contributed by atoms with Crippen LogP contribution in [0.5, 0.6) is 0 Å². The van der Waals surface area contributed by atoms with Crippen LogP contribution in [0.3, 0.4) is 0 Å². The molecular formula is C12H15ClO3S. The van der Waals surface area contributed by atoms with Gasteiger partial charge in [-0.3, -0.25) is 4.79 Å². The van der Waals surface area contributed by atoms with Crippen LogP contribution in [0, 0.1) is 0 Å². The summed E-state index contributed by atoms with van der Waals surface area (Å²) in [5.74, 6) is -0.249. The highest BCUT2D eigenvalue weighted by molar-refractivity contribution is 7.91. The van der Waals surface area contributed by atoms with Crippen LogP contribution in [0.4, 0.5) is 0 Å². The lowest BCUT2D eigenvalue weighted by Crippen LogP contribution is -2.22. The Labute approximate surface area is 107 Å². The second-order valence-corrected chi connectivity index (χ2v) is 6.94. The van der Waals surface area contributed by atoms with Gasteiger partial charge in [-0.15, -0.1) is 0 Å². The standard InChI is InChI=1S/C12H15ClO3S/c1-9(14)7-10(2)17(15,16)8-11-5-3-4-6-12(11)13/h3-6,10H,7-8H2,1-2H3. The van der Waals surface area contributed by atoms with E-state index in [4.69, 9.17) is 11.6 Å². The van der Waals surface area contributed by atoms with Crippen molar-refractivity contribution in [3.63, 3.8) is 0 Å². The van der Waals surface area contributed by atoms with Crippen LogP contribution in [-0.4, -0.2) is 19.5 Å². The van der Waals surface area contributed by atoms with Crippen molar-refractivity contribution < 1.29 is 13.2 Å². The van der Waals surface area contributed by atoms with Crippen LogP contribution in [0.2, 0.25) is 5.02 Å². The topological polar surface area (TPSA) is 51.2 Å². The molecule has 0 radical (unpaired) electrons. The molecule has 0 saturated heterocycles. The first kappa shape index (κ1) is 14.2. The number of rotatable bonds is 5. The molecule has 94 valence electrons. The van der Waals surface area contributed by atoms with E-state index in [1.807, 2.05) is 0 Å². The van der Waals surface area contributed by atoms with Gasteiger partial charge in [-0.1, -0.05) is 29.8 Å². The third-order valence-corrected chi connectivity index (χ3v) is 4.98. The van der Waals surface area contributed by atoms with Gasteiger partial charge in [0.1, 0.15) is 5.78 Å². The maximum atomic E-state index is 12.0. The van der Waals surface area contributed by atoms with Gasteiger partial charge in [0.2, 0.25) is 0 Å². The minimum Gasteiger partial charge on any atom is -0.300 e. The van der Waals surface area contributed by atoms with Crippen LogP contribution >= 0.6 is 11.6 Å². The van der Waals surface area contributed by atoms with Gasteiger partial charge >= 0.3 is 0 Å². The number of Topliss-reactive ketones (excluding diaryl/α,β-unsaturated/α-hetero) is 1. The highest BCUT2D eigenvalue weighted by Crippen LogP contribution is 2.20. The highest BCUT2D eigenvalue weighted by atomic mass is 35.5. The van der Waals surface area contributed by atoms with E-state index in [0.717, 1.165) is 0 Å². The molecule has 0 aliphatic rings. The SMILES string of the molecule is CC(=O)CC(C)S(=O)(=O)Cc1ccccc1Cl. The van der Waals surface area contributed by atoms with E-state index in [2.05, 4.69) is 0 Å². The summed E-state index contributed by atoms with van der Waals surface area (Å²) < 4.78 is 24.0. The van der Waals surface area contributed by atoms with Gasteiger partial charge in [0, 0.05) is 11.4 Å². The van der Waals surface area contributed by atoms with E-state index in [0.29, 0.717) is 10.6 Å². The predicted octanol–water partition coefficient (Wildman–Crippen LogP) is 2.62. The second-order valence-electron chi connectivity index (χ2n) is 4.12. The molecule has 1 unspecified atom stereocenters. The fourth-order valence-corrected chi connectivity index (χ4v) is 3.25. The molecule has 0 aliphatic heterocycles. The number of carbonyl (C=O) groups excluding carboxylic acids is 1. The van der Waals surface area contributed by atoms with Crippen molar-refractivity contribution in [2.24, 2.45) is 0 Å². The first-order chi connectivity index (χ1) is 7.83. The van der Waals surface area contributed by atoms with Crippen molar-refractivity contribution in [1.82, 2.24) is 0 Å². The number of halogens is 1. The fourth-order valence-electron chi connectivity index (χ4n) is 1.51. The molecule has 1 aromatic carbocycles. The zero-order valence-electron chi connectivity index (χ0n) is 9.81. The molecule has 1 aromatic rings. The van der Waals surface area contributed by atoms with Crippen molar-refractivity contribution in [1.29, 1.82) is 0 Å². The third-order valence-electron chi connectivity index (χ3n) is 2.50. The van der Waals surface area contributed by atoms with E-state index in [9.17, 15) is 13.2 Å². The smallest absolute Gasteiger partial charge is 0.157 e. The lowest BCUT2D eigenvalue weighted by atomic mass is 10.2. The summed E-state index contributed by atoms with van der Waals surface area (Å²) in [5, 5.41) is -0.234. The van der Waals surface area contributed by atoms with E-state index >= 15 is 0 Å². The number of carbonyl (C=O) groups is 1. The van der Waals surface area contributed by atoms with Gasteiger partial charge in [0.25, 0.3) is 0 Å². The number of ketones is 1. The minimum atomic E-state index is -3.34. The monoisotopic (exact) mass is 274 g/mol. The predicted molar refractivity (Wildman–Crippen MR) is 68.8 cm³/mol. The van der Waals surface area contributed by atoms with Crippen LogP contribution < -0.4 is 0 Å². The molecule has 0 heterocycles. The van der Waals surface area contributed by atoms with Crippen LogP contribution in [0.25, 0.3) is 0 Å². The van der Waals surface area contributed by atoms with Crippen molar-refractivity contribution in [2.75, 3.05) is 0 Å². The zero-order valence-corrected chi connectivity index (χ0v) is 11.4. The molecule has 0 aliphatic carbocycles. The van der Waals surface area contributed by atoms with Gasteiger partial charge in [-0.05, 0) is 25.5 Å². The van der Waals surface area contributed by atoms with Gasteiger partial charge in [-0.2, -0.15) is 0 Å². The summed E-state index contributed by atoms with van der Waals surface area (Å²) in [6.45, 7) is 2.94. The Morgan fingerprint density at radius 3 is 2.47 bits per heavy atom. The van der Waals surface area contributed by atoms with Gasteiger partial charge in [0.15, 0.2) is 9.84 Å². The number of benzene rings is 1. The molecule has 0 spiro atoms. The molecule has 0 N–H and O–H groups in total. The fraction of sp³-hybridized carbons (Fsp3) is 0.417. The maximum absolute atomic E-state index is 12.0. The first-order valence-electron chi connectivity index (χ1n) is 5.27. The molecular weight excluding hydrogens is 260 g/mol. The van der Waals surface area contributed by atoms with Gasteiger partial charge in [-0.25, -0.2) is 8.42 Å². The maximum Gasteiger partial charge on any atom is 0.157 e. The Morgan fingerprint density at radius 1 is 1.35 bits per heavy atom. The molecule has 1 atom stereocenters. The molecule has 5 heteroatoms. The summed E-state index contributed by atoms with van der Waals surface area (Å²) in [4.78, 5) is 10.9. The zero-order chi connectivity index (χ0) is 13.1. The third kappa shape index (κ3) is 4.13. The molecule has 0 aromatic heterocycles. The van der Waals surface area contributed by atoms with E-state index < -0.39 is 15.1 Å². The van der Waals surface area contributed by atoms with Crippen molar-refractivity contribution in [3.05, 3.63) is 34.9 Å². The normalized spacial score (nSPS) is 13.4. The van der Waals surface area contributed by atoms with E-state index in [1.54, 1.807) is 31.2 Å². The van der Waals surface area contributed by atoms with Crippen molar-refractivity contribution in [3.8, 4) is 0 Å². The largest absolute Gasteiger partial charge is 0.300 e. The molecule has 0 bridgehead atoms. The van der Waals surface area contributed by atoms with E-state index in [-0.39, 0.29) is 18.0 Å². The van der Waals surface area contributed by atoms with E-state index in [1.165, 1.54) is 6.92 Å². The quantitative estimate of drug-likeness (QED) is 0.829. The average Bonchev–Trinajstić information content (AvgIpc) is 2.20. The van der Waals surface area contributed by atoms with Crippen molar-refractivity contribution in [2.45, 2.75) is 31.3 Å². The number of sulfone groups is 1. The molecule has 1 rings (SSSR count). The van der Waals surface area contributed by atoms with Gasteiger partial charge < -0.3 is 0 Å². The molecule has 3 nitrogen and oxygen atoms in total. The van der Waals surface area contributed by atoms with Crippen molar-refractivity contribution >= 4 is 27.2 Å². The summed E-state index contributed by atoms with van der Waals surface area (Å²) in [5.41, 5.74) is 0.574. The number of hydrogen-bond acceptors (Lipinski definition) is 3. The minimum absolute atomic E-state index is 0.0484. The van der Waals surface area contributed by atoms with Crippen LogP contribution in [0.15, 0.2) is 24.3 Å². The Hall–Kier alpha value is -0.870. The van der Waals surface area contributed by atoms with Crippen LogP contribution in [-0.2, 0) is 20.4 Å².